The first-order chi connectivity index (χ1) is 10.3. The van der Waals surface area contributed by atoms with Crippen molar-refractivity contribution in [2.75, 3.05) is 13.4 Å². The number of aromatic nitrogens is 2. The van der Waals surface area contributed by atoms with Crippen molar-refractivity contribution in [3.8, 4) is 17.0 Å². The van der Waals surface area contributed by atoms with E-state index in [9.17, 15) is 17.6 Å². The molecule has 7 nitrogen and oxygen atoms in total. The van der Waals surface area contributed by atoms with Crippen molar-refractivity contribution < 1.29 is 21.7 Å². The van der Waals surface area contributed by atoms with Gasteiger partial charge in [-0.2, -0.15) is 13.5 Å². The van der Waals surface area contributed by atoms with Crippen LogP contribution in [0, 0.1) is 5.82 Å². The molecule has 118 valence electrons. The van der Waals surface area contributed by atoms with Gasteiger partial charge < -0.3 is 4.74 Å². The number of methoxy groups -OCH3 is 1. The van der Waals surface area contributed by atoms with Gasteiger partial charge in [0.05, 0.1) is 25.7 Å². The quantitative estimate of drug-likeness (QED) is 0.824. The Kier molecular flexibility index (Phi) is 4.57. The van der Waals surface area contributed by atoms with Gasteiger partial charge in [0.1, 0.15) is 0 Å². The highest BCUT2D eigenvalue weighted by molar-refractivity contribution is 7.85. The molecule has 0 unspecified atom stereocenters. The van der Waals surface area contributed by atoms with Crippen LogP contribution in [-0.2, 0) is 20.9 Å². The van der Waals surface area contributed by atoms with Gasteiger partial charge in [0.25, 0.3) is 15.7 Å². The van der Waals surface area contributed by atoms with E-state index < -0.39 is 28.1 Å². The SMILES string of the molecule is COc1ccc(-c2cc(COS(C)(=O)=O)c(=O)[nH]n2)cc1F. The molecule has 0 bridgehead atoms. The predicted molar refractivity (Wildman–Crippen MR) is 76.4 cm³/mol. The third kappa shape index (κ3) is 3.89. The fraction of sp³-hybridized carbons (Fsp3) is 0.231. The largest absolute Gasteiger partial charge is 0.494 e. The number of ether oxygens (including phenoxy) is 1. The molecule has 0 saturated carbocycles. The zero-order chi connectivity index (χ0) is 16.3. The number of aromatic amines is 1. The summed E-state index contributed by atoms with van der Waals surface area (Å²) < 4.78 is 45.0. The molecule has 1 aromatic heterocycles. The zero-order valence-corrected chi connectivity index (χ0v) is 12.6. The Bertz CT molecular complexity index is 848. The van der Waals surface area contributed by atoms with Crippen molar-refractivity contribution in [3.05, 3.63) is 46.0 Å². The predicted octanol–water partition coefficient (Wildman–Crippen LogP) is 1.06. The summed E-state index contributed by atoms with van der Waals surface area (Å²) in [5.41, 5.74) is 0.149. The van der Waals surface area contributed by atoms with Gasteiger partial charge in [-0.15, -0.1) is 0 Å². The molecule has 9 heteroatoms. The summed E-state index contributed by atoms with van der Waals surface area (Å²) in [5, 5.41) is 6.02. The van der Waals surface area contributed by atoms with E-state index in [4.69, 9.17) is 4.74 Å². The molecule has 0 saturated heterocycles. The van der Waals surface area contributed by atoms with E-state index in [-0.39, 0.29) is 17.0 Å². The van der Waals surface area contributed by atoms with Crippen molar-refractivity contribution in [2.24, 2.45) is 0 Å². The van der Waals surface area contributed by atoms with Crippen LogP contribution in [0.25, 0.3) is 11.3 Å². The van der Waals surface area contributed by atoms with E-state index in [0.717, 1.165) is 6.26 Å². The lowest BCUT2D eigenvalue weighted by molar-refractivity contribution is 0.310. The third-order valence-corrected chi connectivity index (χ3v) is 3.30. The van der Waals surface area contributed by atoms with E-state index in [1.165, 1.54) is 25.3 Å². The molecule has 0 spiro atoms. The molecule has 1 aromatic carbocycles. The lowest BCUT2D eigenvalue weighted by Crippen LogP contribution is -2.17. The molecule has 0 atom stereocenters. The molecule has 2 rings (SSSR count). The summed E-state index contributed by atoms with van der Waals surface area (Å²) in [4.78, 5) is 11.6. The summed E-state index contributed by atoms with van der Waals surface area (Å²) in [5.74, 6) is -0.504. The molecule has 1 heterocycles. The fourth-order valence-corrected chi connectivity index (χ4v) is 2.04. The van der Waals surface area contributed by atoms with Gasteiger partial charge in [0, 0.05) is 11.1 Å². The molecule has 0 fully saturated rings. The van der Waals surface area contributed by atoms with Crippen LogP contribution in [0.3, 0.4) is 0 Å². The number of halogens is 1. The Morgan fingerprint density at radius 3 is 2.64 bits per heavy atom. The Morgan fingerprint density at radius 2 is 2.05 bits per heavy atom. The van der Waals surface area contributed by atoms with Gasteiger partial charge in [0.15, 0.2) is 11.6 Å². The number of benzene rings is 1. The van der Waals surface area contributed by atoms with Gasteiger partial charge >= 0.3 is 0 Å². The molecule has 2 aromatic rings. The van der Waals surface area contributed by atoms with E-state index in [2.05, 4.69) is 14.4 Å². The van der Waals surface area contributed by atoms with Crippen LogP contribution in [-0.4, -0.2) is 32.0 Å². The van der Waals surface area contributed by atoms with Gasteiger partial charge in [-0.25, -0.2) is 9.49 Å². The van der Waals surface area contributed by atoms with Gasteiger partial charge in [-0.3, -0.25) is 8.98 Å². The Morgan fingerprint density at radius 1 is 1.32 bits per heavy atom. The van der Waals surface area contributed by atoms with E-state index in [0.29, 0.717) is 5.56 Å². The minimum atomic E-state index is -3.68. The van der Waals surface area contributed by atoms with Crippen LogP contribution >= 0.6 is 0 Å². The standard InChI is InChI=1S/C13H13FN2O5S/c1-20-12-4-3-8(5-10(12)14)11-6-9(13(17)16-15-11)7-21-22(2,18)19/h3-6H,7H2,1-2H3,(H,16,17). The summed E-state index contributed by atoms with van der Waals surface area (Å²) in [6.45, 7) is -0.428. The van der Waals surface area contributed by atoms with Crippen LogP contribution in [0.15, 0.2) is 29.1 Å². The van der Waals surface area contributed by atoms with Gasteiger partial charge in [-0.1, -0.05) is 0 Å². The molecule has 0 aliphatic carbocycles. The maximum atomic E-state index is 13.7. The monoisotopic (exact) mass is 328 g/mol. The van der Waals surface area contributed by atoms with E-state index in [1.807, 2.05) is 0 Å². The van der Waals surface area contributed by atoms with Crippen molar-refractivity contribution >= 4 is 10.1 Å². The summed E-state index contributed by atoms with van der Waals surface area (Å²) in [6, 6.07) is 5.51. The highest BCUT2D eigenvalue weighted by Crippen LogP contribution is 2.24. The average molecular weight is 328 g/mol. The first kappa shape index (κ1) is 16.1. The Labute approximate surface area is 125 Å². The summed E-state index contributed by atoms with van der Waals surface area (Å²) in [6.07, 6.45) is 0.877. The maximum absolute atomic E-state index is 13.7. The van der Waals surface area contributed by atoms with Crippen molar-refractivity contribution in [3.63, 3.8) is 0 Å². The van der Waals surface area contributed by atoms with E-state index in [1.54, 1.807) is 6.07 Å². The summed E-state index contributed by atoms with van der Waals surface area (Å²) >= 11 is 0. The smallest absolute Gasteiger partial charge is 0.269 e. The highest BCUT2D eigenvalue weighted by atomic mass is 32.2. The second kappa shape index (κ2) is 6.24. The topological polar surface area (TPSA) is 98.4 Å². The van der Waals surface area contributed by atoms with Crippen molar-refractivity contribution in [1.82, 2.24) is 10.2 Å². The minimum Gasteiger partial charge on any atom is -0.494 e. The number of nitrogens with one attached hydrogen (secondary N) is 1. The number of nitrogens with zero attached hydrogens (tertiary/aromatic N) is 1. The molecular formula is C13H13FN2O5S. The van der Waals surface area contributed by atoms with E-state index >= 15 is 0 Å². The Balaban J connectivity index is 2.37. The normalized spacial score (nSPS) is 11.4. The Hall–Kier alpha value is -2.26. The van der Waals surface area contributed by atoms with Crippen LogP contribution in [0.4, 0.5) is 4.39 Å². The number of hydrogen-bond acceptors (Lipinski definition) is 6. The third-order valence-electron chi connectivity index (χ3n) is 2.76. The van der Waals surface area contributed by atoms with Gasteiger partial charge in [0.2, 0.25) is 0 Å². The molecule has 0 aliphatic heterocycles. The number of rotatable bonds is 5. The second-order valence-corrected chi connectivity index (χ2v) is 6.07. The second-order valence-electron chi connectivity index (χ2n) is 4.42. The lowest BCUT2D eigenvalue weighted by atomic mass is 10.1. The fourth-order valence-electron chi connectivity index (χ4n) is 1.70. The minimum absolute atomic E-state index is 0.0617. The molecular weight excluding hydrogens is 315 g/mol. The first-order valence-electron chi connectivity index (χ1n) is 6.07. The van der Waals surface area contributed by atoms with Crippen molar-refractivity contribution in [1.29, 1.82) is 0 Å². The van der Waals surface area contributed by atoms with Crippen LogP contribution in [0.1, 0.15) is 5.56 Å². The summed E-state index contributed by atoms with van der Waals surface area (Å²) in [7, 11) is -2.34. The zero-order valence-electron chi connectivity index (χ0n) is 11.8. The lowest BCUT2D eigenvalue weighted by Gasteiger charge is -2.06. The highest BCUT2D eigenvalue weighted by Gasteiger charge is 2.11. The molecule has 1 N–H and O–H groups in total. The number of hydrogen-bond donors (Lipinski definition) is 1. The molecule has 22 heavy (non-hydrogen) atoms. The van der Waals surface area contributed by atoms with Gasteiger partial charge in [-0.05, 0) is 24.3 Å². The maximum Gasteiger partial charge on any atom is 0.269 e. The number of H-pyrrole nitrogens is 1. The van der Waals surface area contributed by atoms with Crippen molar-refractivity contribution in [2.45, 2.75) is 6.61 Å². The van der Waals surface area contributed by atoms with Crippen LogP contribution < -0.4 is 10.3 Å². The average Bonchev–Trinajstić information content (AvgIpc) is 2.45. The molecule has 0 radical (unpaired) electrons. The van der Waals surface area contributed by atoms with Crippen LogP contribution in [0.5, 0.6) is 5.75 Å². The first-order valence-corrected chi connectivity index (χ1v) is 7.89. The molecule has 0 aliphatic rings. The molecule has 0 amide bonds. The van der Waals surface area contributed by atoms with Crippen LogP contribution in [0.2, 0.25) is 0 Å².